The van der Waals surface area contributed by atoms with E-state index in [1.54, 1.807) is 12.1 Å². The first-order chi connectivity index (χ1) is 8.58. The molecule has 0 radical (unpaired) electrons. The van der Waals surface area contributed by atoms with Gasteiger partial charge in [-0.1, -0.05) is 11.6 Å². The molecule has 0 bridgehead atoms. The molecule has 0 aromatic carbocycles. The van der Waals surface area contributed by atoms with Crippen LogP contribution in [0.25, 0.3) is 0 Å². The van der Waals surface area contributed by atoms with Gasteiger partial charge in [-0.05, 0) is 38.9 Å². The summed E-state index contributed by atoms with van der Waals surface area (Å²) in [5.41, 5.74) is 0. The first-order valence-electron chi connectivity index (χ1n) is 6.19. The van der Waals surface area contributed by atoms with Crippen molar-refractivity contribution in [2.45, 2.75) is 31.9 Å². The lowest BCUT2D eigenvalue weighted by Gasteiger charge is -2.25. The number of carbonyl (C=O) groups is 1. The summed E-state index contributed by atoms with van der Waals surface area (Å²) in [4.78, 5) is 15.0. The van der Waals surface area contributed by atoms with Crippen molar-refractivity contribution >= 4 is 28.7 Å². The van der Waals surface area contributed by atoms with Gasteiger partial charge in [0.1, 0.15) is 0 Å². The molecule has 1 fully saturated rings. The molecule has 1 aliphatic rings. The Morgan fingerprint density at radius 2 is 2.44 bits per heavy atom. The van der Waals surface area contributed by atoms with Crippen molar-refractivity contribution in [2.75, 3.05) is 20.2 Å². The second-order valence-electron chi connectivity index (χ2n) is 4.72. The molecular formula is C13H18ClNO2S. The SMILES string of the molecule is CC(C(=O)c1ccc(Cl)s1)N(C)CC1CCCO1. The van der Waals surface area contributed by atoms with Crippen LogP contribution in [0.2, 0.25) is 4.34 Å². The lowest BCUT2D eigenvalue weighted by atomic mass is 10.1. The summed E-state index contributed by atoms with van der Waals surface area (Å²) < 4.78 is 6.25. The molecule has 0 spiro atoms. The predicted molar refractivity (Wildman–Crippen MR) is 74.7 cm³/mol. The molecule has 2 rings (SSSR count). The largest absolute Gasteiger partial charge is 0.377 e. The van der Waals surface area contributed by atoms with E-state index in [0.717, 1.165) is 30.9 Å². The predicted octanol–water partition coefficient (Wildman–Crippen LogP) is 3.08. The van der Waals surface area contributed by atoms with Crippen LogP contribution in [0.4, 0.5) is 0 Å². The maximum Gasteiger partial charge on any atom is 0.189 e. The Kier molecular flexibility index (Phi) is 4.78. The zero-order chi connectivity index (χ0) is 13.1. The second kappa shape index (κ2) is 6.15. The van der Waals surface area contributed by atoms with Crippen LogP contribution < -0.4 is 0 Å². The van der Waals surface area contributed by atoms with E-state index in [9.17, 15) is 4.79 Å². The third-order valence-electron chi connectivity index (χ3n) is 3.37. The molecule has 5 heteroatoms. The van der Waals surface area contributed by atoms with Gasteiger partial charge in [-0.15, -0.1) is 11.3 Å². The number of ketones is 1. The van der Waals surface area contributed by atoms with Crippen LogP contribution >= 0.6 is 22.9 Å². The summed E-state index contributed by atoms with van der Waals surface area (Å²) in [6.45, 7) is 3.60. The normalized spacial score (nSPS) is 21.4. The third kappa shape index (κ3) is 3.32. The first-order valence-corrected chi connectivity index (χ1v) is 7.39. The van der Waals surface area contributed by atoms with E-state index in [1.165, 1.54) is 11.3 Å². The number of carbonyl (C=O) groups excluding carboxylic acids is 1. The number of likely N-dealkylation sites (N-methyl/N-ethyl adjacent to an activating group) is 1. The molecule has 0 amide bonds. The van der Waals surface area contributed by atoms with Crippen LogP contribution in [0, 0.1) is 0 Å². The lowest BCUT2D eigenvalue weighted by molar-refractivity contribution is 0.0622. The number of thiophene rings is 1. The van der Waals surface area contributed by atoms with Gasteiger partial charge in [0, 0.05) is 13.2 Å². The van der Waals surface area contributed by atoms with E-state index in [0.29, 0.717) is 4.34 Å². The van der Waals surface area contributed by atoms with Crippen molar-refractivity contribution in [3.8, 4) is 0 Å². The van der Waals surface area contributed by atoms with Crippen molar-refractivity contribution in [1.29, 1.82) is 0 Å². The van der Waals surface area contributed by atoms with Gasteiger partial charge in [0.2, 0.25) is 0 Å². The molecule has 1 aromatic rings. The molecule has 3 nitrogen and oxygen atoms in total. The Hall–Kier alpha value is -0.420. The topological polar surface area (TPSA) is 29.5 Å². The maximum absolute atomic E-state index is 12.2. The fourth-order valence-electron chi connectivity index (χ4n) is 2.12. The minimum Gasteiger partial charge on any atom is -0.377 e. The molecule has 2 unspecified atom stereocenters. The summed E-state index contributed by atoms with van der Waals surface area (Å²) in [5.74, 6) is 0.132. The van der Waals surface area contributed by atoms with Crippen LogP contribution in [-0.2, 0) is 4.74 Å². The maximum atomic E-state index is 12.2. The Morgan fingerprint density at radius 1 is 1.67 bits per heavy atom. The van der Waals surface area contributed by atoms with Gasteiger partial charge in [0.05, 0.1) is 21.4 Å². The Morgan fingerprint density at radius 3 is 3.00 bits per heavy atom. The number of nitrogens with zero attached hydrogens (tertiary/aromatic N) is 1. The number of halogens is 1. The van der Waals surface area contributed by atoms with E-state index in [1.807, 2.05) is 14.0 Å². The van der Waals surface area contributed by atoms with Crippen molar-refractivity contribution in [3.63, 3.8) is 0 Å². The molecule has 100 valence electrons. The Labute approximate surface area is 117 Å². The lowest BCUT2D eigenvalue weighted by Crippen LogP contribution is -2.40. The Balaban J connectivity index is 1.92. The molecule has 18 heavy (non-hydrogen) atoms. The molecule has 0 saturated carbocycles. The van der Waals surface area contributed by atoms with Gasteiger partial charge in [-0.25, -0.2) is 0 Å². The minimum absolute atomic E-state index is 0.132. The zero-order valence-corrected chi connectivity index (χ0v) is 12.3. The summed E-state index contributed by atoms with van der Waals surface area (Å²) in [5, 5.41) is 0. The zero-order valence-electron chi connectivity index (χ0n) is 10.7. The van der Waals surface area contributed by atoms with E-state index in [4.69, 9.17) is 16.3 Å². The number of hydrogen-bond donors (Lipinski definition) is 0. The van der Waals surface area contributed by atoms with Crippen molar-refractivity contribution in [2.24, 2.45) is 0 Å². The highest BCUT2D eigenvalue weighted by atomic mass is 35.5. The second-order valence-corrected chi connectivity index (χ2v) is 6.43. The fourth-order valence-corrected chi connectivity index (χ4v) is 3.19. The average Bonchev–Trinajstić information content (AvgIpc) is 2.98. The fraction of sp³-hybridized carbons (Fsp3) is 0.615. The summed E-state index contributed by atoms with van der Waals surface area (Å²) >= 11 is 7.20. The number of ether oxygens (including phenoxy) is 1. The molecule has 1 aliphatic heterocycles. The van der Waals surface area contributed by atoms with Gasteiger partial charge in [0.15, 0.2) is 5.78 Å². The van der Waals surface area contributed by atoms with Gasteiger partial charge in [-0.2, -0.15) is 0 Å². The molecule has 1 aromatic heterocycles. The first kappa shape index (κ1) is 14.0. The van der Waals surface area contributed by atoms with Crippen LogP contribution in [-0.4, -0.2) is 43.0 Å². The van der Waals surface area contributed by atoms with E-state index >= 15 is 0 Å². The number of hydrogen-bond acceptors (Lipinski definition) is 4. The third-order valence-corrected chi connectivity index (χ3v) is 4.62. The minimum atomic E-state index is -0.135. The molecule has 1 saturated heterocycles. The summed E-state index contributed by atoms with van der Waals surface area (Å²) in [6.07, 6.45) is 2.49. The standard InChI is InChI=1S/C13H18ClNO2S/c1-9(13(16)11-5-6-12(14)18-11)15(2)8-10-4-3-7-17-10/h5-6,9-10H,3-4,7-8H2,1-2H3. The van der Waals surface area contributed by atoms with Gasteiger partial charge in [0.25, 0.3) is 0 Å². The van der Waals surface area contributed by atoms with Gasteiger partial charge >= 0.3 is 0 Å². The number of Topliss-reactive ketones (excluding diaryl/α,β-unsaturated/α-hetero) is 1. The van der Waals surface area contributed by atoms with Gasteiger partial charge < -0.3 is 4.74 Å². The van der Waals surface area contributed by atoms with Crippen LogP contribution in [0.3, 0.4) is 0 Å². The van der Waals surface area contributed by atoms with E-state index in [2.05, 4.69) is 4.90 Å². The average molecular weight is 288 g/mol. The Bertz CT molecular complexity index is 415. The van der Waals surface area contributed by atoms with Crippen LogP contribution in [0.1, 0.15) is 29.4 Å². The highest BCUT2D eigenvalue weighted by molar-refractivity contribution is 7.18. The summed E-state index contributed by atoms with van der Waals surface area (Å²) in [6, 6.07) is 3.43. The van der Waals surface area contributed by atoms with Crippen molar-refractivity contribution in [3.05, 3.63) is 21.3 Å². The number of rotatable bonds is 5. The van der Waals surface area contributed by atoms with E-state index < -0.39 is 0 Å². The highest BCUT2D eigenvalue weighted by Crippen LogP contribution is 2.23. The molecule has 2 atom stereocenters. The molecule has 2 heterocycles. The van der Waals surface area contributed by atoms with E-state index in [-0.39, 0.29) is 17.9 Å². The van der Waals surface area contributed by atoms with Crippen LogP contribution in [0.15, 0.2) is 12.1 Å². The highest BCUT2D eigenvalue weighted by Gasteiger charge is 2.25. The van der Waals surface area contributed by atoms with Crippen molar-refractivity contribution in [1.82, 2.24) is 4.90 Å². The molecule has 0 aliphatic carbocycles. The molecular weight excluding hydrogens is 270 g/mol. The molecule has 0 N–H and O–H groups in total. The van der Waals surface area contributed by atoms with Crippen molar-refractivity contribution < 1.29 is 9.53 Å². The van der Waals surface area contributed by atoms with Crippen LogP contribution in [0.5, 0.6) is 0 Å². The monoisotopic (exact) mass is 287 g/mol. The summed E-state index contributed by atoms with van der Waals surface area (Å²) in [7, 11) is 1.97. The van der Waals surface area contributed by atoms with Gasteiger partial charge in [-0.3, -0.25) is 9.69 Å². The quantitative estimate of drug-likeness (QED) is 0.780. The smallest absolute Gasteiger partial charge is 0.189 e.